The fraction of sp³-hybridized carbons (Fsp3) is 0.364. The molecule has 1 aromatic carbocycles. The molecule has 1 fully saturated rings. The van der Waals surface area contributed by atoms with Crippen LogP contribution in [0, 0.1) is 0 Å². The van der Waals surface area contributed by atoms with Crippen LogP contribution in [0.25, 0.3) is 0 Å². The molecule has 0 bridgehead atoms. The van der Waals surface area contributed by atoms with Crippen LogP contribution in [-0.4, -0.2) is 20.6 Å². The highest BCUT2D eigenvalue weighted by atomic mass is 32.2. The number of hydrogen-bond donors (Lipinski definition) is 1. The molecule has 0 atom stereocenters. The van der Waals surface area contributed by atoms with Crippen molar-refractivity contribution in [1.29, 1.82) is 0 Å². The zero-order valence-corrected chi connectivity index (χ0v) is 10.2. The molecule has 1 aliphatic rings. The topological polar surface area (TPSA) is 72.5 Å². The number of carbonyl (C=O) groups is 1. The summed E-state index contributed by atoms with van der Waals surface area (Å²) in [6, 6.07) is 9.22. The fourth-order valence-electron chi connectivity index (χ4n) is 1.70. The van der Waals surface area contributed by atoms with Gasteiger partial charge in [-0.1, -0.05) is 30.3 Å². The van der Waals surface area contributed by atoms with Gasteiger partial charge in [-0.3, -0.25) is 0 Å². The highest BCUT2D eigenvalue weighted by molar-refractivity contribution is 7.88. The number of rotatable bonds is 4. The summed E-state index contributed by atoms with van der Waals surface area (Å²) < 4.78 is 21.7. The van der Waals surface area contributed by atoms with Crippen LogP contribution < -0.4 is 4.89 Å². The lowest BCUT2D eigenvalue weighted by Gasteiger charge is -2.13. The maximum absolute atomic E-state index is 11.8. The van der Waals surface area contributed by atoms with Crippen LogP contribution in [0.3, 0.4) is 0 Å². The molecular weight excluding hydrogens is 242 g/mol. The maximum atomic E-state index is 11.8. The molecule has 1 aromatic rings. The third-order valence-corrected chi connectivity index (χ3v) is 3.14. The summed E-state index contributed by atoms with van der Waals surface area (Å²) in [5.41, 5.74) is 0.194. The highest BCUT2D eigenvalue weighted by Crippen LogP contribution is 2.48. The zero-order valence-electron chi connectivity index (χ0n) is 9.34. The summed E-state index contributed by atoms with van der Waals surface area (Å²) in [6.07, 6.45) is 2.30. The predicted octanol–water partition coefficient (Wildman–Crippen LogP) is 0.726. The van der Waals surface area contributed by atoms with Gasteiger partial charge in [0, 0.05) is 0 Å². The van der Waals surface area contributed by atoms with Crippen LogP contribution in [0.15, 0.2) is 30.3 Å². The zero-order chi connectivity index (χ0) is 12.5. The Morgan fingerprint density at radius 1 is 1.29 bits per heavy atom. The standard InChI is InChI=1S/C11H13NO4S/c1-17(14,15)12-16-10(13)11(7-8-11)9-5-3-2-4-6-9/h2-6,12H,7-8H2,1H3. The molecule has 5 nitrogen and oxygen atoms in total. The second-order valence-electron chi connectivity index (χ2n) is 4.19. The maximum Gasteiger partial charge on any atom is 0.336 e. The summed E-state index contributed by atoms with van der Waals surface area (Å²) in [7, 11) is -3.53. The number of sulfonamides is 1. The van der Waals surface area contributed by atoms with Crippen molar-refractivity contribution in [3.8, 4) is 0 Å². The number of carbonyl (C=O) groups excluding carboxylic acids is 1. The molecule has 1 saturated carbocycles. The quantitative estimate of drug-likeness (QED) is 0.805. The molecule has 0 aromatic heterocycles. The first-order valence-corrected chi connectivity index (χ1v) is 7.07. The Kier molecular flexibility index (Phi) is 2.92. The van der Waals surface area contributed by atoms with Gasteiger partial charge in [-0.2, -0.15) is 0 Å². The second-order valence-corrected chi connectivity index (χ2v) is 5.90. The molecule has 1 N–H and O–H groups in total. The van der Waals surface area contributed by atoms with Gasteiger partial charge in [0.1, 0.15) is 0 Å². The van der Waals surface area contributed by atoms with E-state index in [1.54, 1.807) is 4.89 Å². The van der Waals surface area contributed by atoms with E-state index in [1.165, 1.54) is 0 Å². The van der Waals surface area contributed by atoms with E-state index in [2.05, 4.69) is 4.84 Å². The van der Waals surface area contributed by atoms with E-state index in [9.17, 15) is 13.2 Å². The molecule has 1 aliphatic carbocycles. The SMILES string of the molecule is CS(=O)(=O)NOC(=O)C1(c2ccccc2)CC1. The monoisotopic (exact) mass is 255 g/mol. The second kappa shape index (κ2) is 4.12. The van der Waals surface area contributed by atoms with E-state index in [-0.39, 0.29) is 0 Å². The molecule has 0 amide bonds. The van der Waals surface area contributed by atoms with Gasteiger partial charge in [0.2, 0.25) is 10.0 Å². The van der Waals surface area contributed by atoms with Crippen molar-refractivity contribution in [3.63, 3.8) is 0 Å². The number of hydrogen-bond acceptors (Lipinski definition) is 4. The first kappa shape index (κ1) is 12.1. The first-order chi connectivity index (χ1) is 7.94. The summed E-state index contributed by atoms with van der Waals surface area (Å²) in [6.45, 7) is 0. The largest absolute Gasteiger partial charge is 0.355 e. The summed E-state index contributed by atoms with van der Waals surface area (Å²) in [5.74, 6) is -0.547. The average molecular weight is 255 g/mol. The van der Waals surface area contributed by atoms with E-state index in [4.69, 9.17) is 0 Å². The van der Waals surface area contributed by atoms with E-state index >= 15 is 0 Å². The van der Waals surface area contributed by atoms with E-state index in [1.807, 2.05) is 30.3 Å². The minimum Gasteiger partial charge on any atom is -0.355 e. The molecule has 0 aliphatic heterocycles. The lowest BCUT2D eigenvalue weighted by atomic mass is 9.96. The van der Waals surface area contributed by atoms with Gasteiger partial charge in [-0.15, -0.1) is 0 Å². The number of benzene rings is 1. The van der Waals surface area contributed by atoms with Gasteiger partial charge in [-0.25, -0.2) is 13.2 Å². The Labute approximate surface area is 99.8 Å². The van der Waals surface area contributed by atoms with Crippen molar-refractivity contribution in [2.45, 2.75) is 18.3 Å². The van der Waals surface area contributed by atoms with E-state index < -0.39 is 21.4 Å². The van der Waals surface area contributed by atoms with Gasteiger partial charge in [0.05, 0.1) is 11.7 Å². The minimum atomic E-state index is -3.53. The molecule has 0 unspecified atom stereocenters. The molecule has 0 spiro atoms. The predicted molar refractivity (Wildman–Crippen MR) is 61.4 cm³/mol. The molecule has 2 rings (SSSR count). The molecule has 17 heavy (non-hydrogen) atoms. The van der Waals surface area contributed by atoms with Gasteiger partial charge in [0.25, 0.3) is 0 Å². The summed E-state index contributed by atoms with van der Waals surface area (Å²) in [5, 5.41) is 0. The van der Waals surface area contributed by atoms with Crippen molar-refractivity contribution in [1.82, 2.24) is 4.89 Å². The Morgan fingerprint density at radius 2 is 1.88 bits per heavy atom. The Balaban J connectivity index is 2.10. The van der Waals surface area contributed by atoms with Crippen LogP contribution in [0.5, 0.6) is 0 Å². The third kappa shape index (κ3) is 2.65. The molecule has 92 valence electrons. The number of nitrogens with one attached hydrogen (secondary N) is 1. The van der Waals surface area contributed by atoms with Gasteiger partial charge < -0.3 is 4.84 Å². The van der Waals surface area contributed by atoms with Crippen molar-refractivity contribution in [2.75, 3.05) is 6.26 Å². The van der Waals surface area contributed by atoms with Crippen molar-refractivity contribution < 1.29 is 18.0 Å². The Bertz CT molecular complexity index is 520. The molecular formula is C11H13NO4S. The van der Waals surface area contributed by atoms with Crippen LogP contribution in [0.4, 0.5) is 0 Å². The van der Waals surface area contributed by atoms with Crippen molar-refractivity contribution in [3.05, 3.63) is 35.9 Å². The molecule has 6 heteroatoms. The molecule has 0 heterocycles. The Morgan fingerprint density at radius 3 is 2.35 bits per heavy atom. The average Bonchev–Trinajstić information content (AvgIpc) is 3.07. The first-order valence-electron chi connectivity index (χ1n) is 5.18. The summed E-state index contributed by atoms with van der Waals surface area (Å²) >= 11 is 0. The van der Waals surface area contributed by atoms with Gasteiger partial charge >= 0.3 is 5.97 Å². The summed E-state index contributed by atoms with van der Waals surface area (Å²) in [4.78, 5) is 18.2. The normalized spacial score (nSPS) is 17.5. The van der Waals surface area contributed by atoms with Gasteiger partial charge in [0.15, 0.2) is 0 Å². The van der Waals surface area contributed by atoms with Gasteiger partial charge in [-0.05, 0) is 23.3 Å². The van der Waals surface area contributed by atoms with Crippen LogP contribution in [-0.2, 0) is 25.1 Å². The lowest BCUT2D eigenvalue weighted by molar-refractivity contribution is -0.150. The van der Waals surface area contributed by atoms with Crippen LogP contribution in [0.2, 0.25) is 0 Å². The van der Waals surface area contributed by atoms with E-state index in [0.29, 0.717) is 12.8 Å². The third-order valence-electron chi connectivity index (χ3n) is 2.75. The smallest absolute Gasteiger partial charge is 0.336 e. The van der Waals surface area contributed by atoms with E-state index in [0.717, 1.165) is 11.8 Å². The molecule has 0 saturated heterocycles. The fourth-order valence-corrected chi connectivity index (χ4v) is 1.93. The van der Waals surface area contributed by atoms with Crippen LogP contribution in [0.1, 0.15) is 18.4 Å². The van der Waals surface area contributed by atoms with Crippen molar-refractivity contribution in [2.24, 2.45) is 0 Å². The molecule has 0 radical (unpaired) electrons. The van der Waals surface area contributed by atoms with Crippen LogP contribution >= 0.6 is 0 Å². The van der Waals surface area contributed by atoms with Crippen molar-refractivity contribution >= 4 is 16.0 Å². The minimum absolute atomic E-state index is 0.547. The highest BCUT2D eigenvalue weighted by Gasteiger charge is 2.53. The Hall–Kier alpha value is -1.40. The lowest BCUT2D eigenvalue weighted by Crippen LogP contribution is -2.32.